The number of cyclic esters (lactones) is 1. The van der Waals surface area contributed by atoms with E-state index in [2.05, 4.69) is 15.9 Å². The Morgan fingerprint density at radius 1 is 1.21 bits per heavy atom. The van der Waals surface area contributed by atoms with E-state index in [1.807, 2.05) is 0 Å². The third-order valence-electron chi connectivity index (χ3n) is 3.45. The molecule has 0 aliphatic carbocycles. The van der Waals surface area contributed by atoms with Gasteiger partial charge in [-0.25, -0.2) is 9.18 Å². The molecular weight excluding hydrogens is 399 g/mol. The largest absolute Gasteiger partial charge is 0.496 e. The smallest absolute Gasteiger partial charge is 0.351 e. The van der Waals surface area contributed by atoms with Gasteiger partial charge in [0.15, 0.2) is 0 Å². The van der Waals surface area contributed by atoms with E-state index in [4.69, 9.17) is 21.1 Å². The van der Waals surface area contributed by atoms with Crippen LogP contribution in [0.4, 0.5) is 4.39 Å². The lowest BCUT2D eigenvalue weighted by molar-refractivity contribution is -0.132. The number of ether oxygens (including phenoxy) is 2. The highest BCUT2D eigenvalue weighted by Crippen LogP contribution is 2.42. The Labute approximate surface area is 151 Å². The Balaban J connectivity index is 2.14. The minimum absolute atomic E-state index is 0.274. The molecule has 0 saturated heterocycles. The number of carbonyl (C=O) groups excluding carboxylic acids is 1. The lowest BCUT2D eigenvalue weighted by atomic mass is 10.0. The molecule has 0 spiro atoms. The van der Waals surface area contributed by atoms with Gasteiger partial charge in [0.05, 0.1) is 7.11 Å². The fourth-order valence-electron chi connectivity index (χ4n) is 2.34. The van der Waals surface area contributed by atoms with E-state index < -0.39 is 5.97 Å². The van der Waals surface area contributed by atoms with Crippen LogP contribution in [-0.2, 0) is 9.53 Å². The van der Waals surface area contributed by atoms with Crippen molar-refractivity contribution < 1.29 is 18.7 Å². The van der Waals surface area contributed by atoms with Crippen LogP contribution < -0.4 is 4.74 Å². The van der Waals surface area contributed by atoms with Crippen LogP contribution in [0, 0.1) is 5.82 Å². The van der Waals surface area contributed by atoms with Gasteiger partial charge in [0.25, 0.3) is 0 Å². The van der Waals surface area contributed by atoms with Crippen molar-refractivity contribution in [1.82, 2.24) is 0 Å². The highest BCUT2D eigenvalue weighted by Gasteiger charge is 2.31. The molecule has 1 aliphatic heterocycles. The highest BCUT2D eigenvalue weighted by atomic mass is 79.9. The summed E-state index contributed by atoms with van der Waals surface area (Å²) in [5.74, 6) is 0.0307. The molecule has 3 nitrogen and oxygen atoms in total. The predicted octanol–water partition coefficient (Wildman–Crippen LogP) is 5.19. The van der Waals surface area contributed by atoms with Gasteiger partial charge in [-0.15, -0.1) is 0 Å². The van der Waals surface area contributed by atoms with Crippen LogP contribution in [0.3, 0.4) is 0 Å². The van der Waals surface area contributed by atoms with Crippen LogP contribution in [-0.4, -0.2) is 13.1 Å². The van der Waals surface area contributed by atoms with Gasteiger partial charge in [-0.05, 0) is 57.9 Å². The van der Waals surface area contributed by atoms with E-state index >= 15 is 0 Å². The summed E-state index contributed by atoms with van der Waals surface area (Å²) in [5, 5.41) is 0.499. The Kier molecular flexibility index (Phi) is 4.73. The second-order valence-corrected chi connectivity index (χ2v) is 6.21. The maximum Gasteiger partial charge on any atom is 0.351 e. The van der Waals surface area contributed by atoms with Gasteiger partial charge in [-0.2, -0.15) is 0 Å². The lowest BCUT2D eigenvalue weighted by Crippen LogP contribution is -1.94. The van der Waals surface area contributed by atoms with Crippen LogP contribution >= 0.6 is 27.5 Å². The first-order valence-corrected chi connectivity index (χ1v) is 8.10. The molecule has 0 amide bonds. The number of benzene rings is 2. The average Bonchev–Trinajstić information content (AvgIpc) is 2.84. The number of esters is 1. The van der Waals surface area contributed by atoms with Crippen molar-refractivity contribution in [1.29, 1.82) is 0 Å². The molecule has 0 radical (unpaired) electrons. The average molecular weight is 410 g/mol. The number of carbonyl (C=O) groups is 1. The maximum absolute atomic E-state index is 13.1. The van der Waals surface area contributed by atoms with Crippen LogP contribution in [0.2, 0.25) is 5.02 Å². The normalized spacial score (nSPS) is 15.8. The topological polar surface area (TPSA) is 35.5 Å². The molecule has 2 aromatic rings. The summed E-state index contributed by atoms with van der Waals surface area (Å²) >= 11 is 9.35. The SMILES string of the molecule is COc1ccc(Cl)cc1C1=C(Br)C(=O)O/C1=C\c1ccc(F)cc1. The van der Waals surface area contributed by atoms with Crippen LogP contribution in [0.15, 0.2) is 52.7 Å². The zero-order chi connectivity index (χ0) is 17.3. The molecule has 3 rings (SSSR count). The summed E-state index contributed by atoms with van der Waals surface area (Å²) in [6.45, 7) is 0. The van der Waals surface area contributed by atoms with Gasteiger partial charge >= 0.3 is 5.97 Å². The molecule has 0 bridgehead atoms. The Bertz CT molecular complexity index is 872. The van der Waals surface area contributed by atoms with Crippen molar-refractivity contribution in [2.45, 2.75) is 0 Å². The second kappa shape index (κ2) is 6.79. The van der Waals surface area contributed by atoms with E-state index in [1.165, 1.54) is 19.2 Å². The third-order valence-corrected chi connectivity index (χ3v) is 4.40. The summed E-state index contributed by atoms with van der Waals surface area (Å²) < 4.78 is 24.0. The summed E-state index contributed by atoms with van der Waals surface area (Å²) in [6.07, 6.45) is 1.65. The monoisotopic (exact) mass is 408 g/mol. The second-order valence-electron chi connectivity index (χ2n) is 4.98. The fourth-order valence-corrected chi connectivity index (χ4v) is 3.01. The minimum atomic E-state index is -0.514. The van der Waals surface area contributed by atoms with Crippen molar-refractivity contribution in [2.24, 2.45) is 0 Å². The van der Waals surface area contributed by atoms with E-state index in [0.29, 0.717) is 33.2 Å². The third kappa shape index (κ3) is 3.23. The van der Waals surface area contributed by atoms with Gasteiger partial charge in [-0.3, -0.25) is 0 Å². The molecule has 0 saturated carbocycles. The number of hydrogen-bond donors (Lipinski definition) is 0. The van der Waals surface area contributed by atoms with Gasteiger partial charge in [0.1, 0.15) is 21.8 Å². The van der Waals surface area contributed by atoms with Gasteiger partial charge in [0.2, 0.25) is 0 Å². The van der Waals surface area contributed by atoms with Crippen LogP contribution in [0.5, 0.6) is 5.75 Å². The van der Waals surface area contributed by atoms with Crippen LogP contribution in [0.25, 0.3) is 11.6 Å². The molecule has 6 heteroatoms. The molecular formula is C18H11BrClFO3. The van der Waals surface area contributed by atoms with Gasteiger partial charge in [0, 0.05) is 16.2 Å². The molecule has 0 atom stereocenters. The summed E-state index contributed by atoms with van der Waals surface area (Å²) in [5.41, 5.74) is 1.85. The number of hydrogen-bond acceptors (Lipinski definition) is 3. The first-order valence-electron chi connectivity index (χ1n) is 6.93. The molecule has 1 aliphatic rings. The Morgan fingerprint density at radius 3 is 2.58 bits per heavy atom. The fraction of sp³-hybridized carbons (Fsp3) is 0.0556. The molecule has 1 heterocycles. The number of methoxy groups -OCH3 is 1. The van der Waals surface area contributed by atoms with Crippen molar-refractivity contribution in [3.63, 3.8) is 0 Å². The first kappa shape index (κ1) is 16.7. The van der Waals surface area contributed by atoms with E-state index in [0.717, 1.165) is 0 Å². The van der Waals surface area contributed by atoms with E-state index in [1.54, 1.807) is 36.4 Å². The number of allylic oxidation sites excluding steroid dienone is 1. The molecule has 122 valence electrons. The molecule has 0 fully saturated rings. The van der Waals surface area contributed by atoms with E-state index in [9.17, 15) is 9.18 Å². The highest BCUT2D eigenvalue weighted by molar-refractivity contribution is 9.12. The maximum atomic E-state index is 13.1. The number of halogens is 3. The van der Waals surface area contributed by atoms with Crippen molar-refractivity contribution >= 4 is 45.1 Å². The minimum Gasteiger partial charge on any atom is -0.496 e. The van der Waals surface area contributed by atoms with Crippen molar-refractivity contribution in [3.05, 3.63) is 74.7 Å². The van der Waals surface area contributed by atoms with Crippen molar-refractivity contribution in [2.75, 3.05) is 7.11 Å². The quantitative estimate of drug-likeness (QED) is 0.654. The van der Waals surface area contributed by atoms with Crippen LogP contribution in [0.1, 0.15) is 11.1 Å². The standard InChI is InChI=1S/C18H11BrClFO3/c1-23-14-7-4-11(20)9-13(14)16-15(24-18(22)17(16)19)8-10-2-5-12(21)6-3-10/h2-9H,1H3/b15-8-. The number of rotatable bonds is 3. The molecule has 24 heavy (non-hydrogen) atoms. The first-order chi connectivity index (χ1) is 11.5. The zero-order valence-electron chi connectivity index (χ0n) is 12.5. The van der Waals surface area contributed by atoms with Gasteiger partial charge < -0.3 is 9.47 Å². The van der Waals surface area contributed by atoms with E-state index in [-0.39, 0.29) is 10.3 Å². The summed E-state index contributed by atoms with van der Waals surface area (Å²) in [7, 11) is 1.53. The zero-order valence-corrected chi connectivity index (χ0v) is 14.8. The van der Waals surface area contributed by atoms with Crippen molar-refractivity contribution in [3.8, 4) is 5.75 Å². The molecule has 0 N–H and O–H groups in total. The molecule has 2 aromatic carbocycles. The lowest BCUT2D eigenvalue weighted by Gasteiger charge is -2.11. The summed E-state index contributed by atoms with van der Waals surface area (Å²) in [6, 6.07) is 11.0. The Hall–Kier alpha value is -2.11. The molecule has 0 aromatic heterocycles. The molecule has 0 unspecified atom stereocenters. The predicted molar refractivity (Wildman–Crippen MR) is 94.3 cm³/mol. The Morgan fingerprint density at radius 2 is 1.92 bits per heavy atom. The summed E-state index contributed by atoms with van der Waals surface area (Å²) in [4.78, 5) is 12.0. The van der Waals surface area contributed by atoms with Gasteiger partial charge in [-0.1, -0.05) is 23.7 Å².